The van der Waals surface area contributed by atoms with Crippen LogP contribution in [-0.2, 0) is 21.2 Å². The number of thioether (sulfide) groups is 1. The van der Waals surface area contributed by atoms with E-state index in [2.05, 4.69) is 5.32 Å². The van der Waals surface area contributed by atoms with Crippen molar-refractivity contribution in [2.45, 2.75) is 24.6 Å². The van der Waals surface area contributed by atoms with Gasteiger partial charge >= 0.3 is 0 Å². The van der Waals surface area contributed by atoms with E-state index >= 15 is 0 Å². The van der Waals surface area contributed by atoms with Crippen LogP contribution in [0, 0.1) is 0 Å². The van der Waals surface area contributed by atoms with Gasteiger partial charge in [-0.1, -0.05) is 11.6 Å². The second-order valence-corrected chi connectivity index (χ2v) is 9.99. The highest BCUT2D eigenvalue weighted by molar-refractivity contribution is 8.02. The molecule has 0 saturated carbocycles. The fourth-order valence-corrected chi connectivity index (χ4v) is 6.48. The number of hydrogen-bond donors (Lipinski definition) is 1. The number of fused-ring (bicyclic) bond motifs is 1. The van der Waals surface area contributed by atoms with Gasteiger partial charge < -0.3 is 14.8 Å². The van der Waals surface area contributed by atoms with Gasteiger partial charge in [-0.2, -0.15) is 0 Å². The van der Waals surface area contributed by atoms with Crippen LogP contribution in [0.5, 0.6) is 11.5 Å². The van der Waals surface area contributed by atoms with Gasteiger partial charge in [-0.05, 0) is 24.1 Å². The highest BCUT2D eigenvalue weighted by atomic mass is 35.5. The highest BCUT2D eigenvalue weighted by Crippen LogP contribution is 2.38. The maximum absolute atomic E-state index is 12.0. The lowest BCUT2D eigenvalue weighted by atomic mass is 10.2. The zero-order valence-electron chi connectivity index (χ0n) is 13.6. The molecule has 1 saturated heterocycles. The minimum atomic E-state index is -2.91. The van der Waals surface area contributed by atoms with Crippen molar-refractivity contribution in [2.24, 2.45) is 0 Å². The molecule has 0 spiro atoms. The summed E-state index contributed by atoms with van der Waals surface area (Å²) in [7, 11) is -2.91. The van der Waals surface area contributed by atoms with E-state index in [1.807, 2.05) is 6.07 Å². The Morgan fingerprint density at radius 3 is 2.88 bits per heavy atom. The van der Waals surface area contributed by atoms with Crippen molar-refractivity contribution in [1.29, 1.82) is 0 Å². The number of hydrogen-bond acceptors (Lipinski definition) is 6. The molecule has 1 atom stereocenters. The zero-order chi connectivity index (χ0) is 17.9. The molecule has 9 heteroatoms. The minimum Gasteiger partial charge on any atom is -0.489 e. The van der Waals surface area contributed by atoms with Crippen molar-refractivity contribution < 1.29 is 22.7 Å². The van der Waals surface area contributed by atoms with Gasteiger partial charge in [-0.15, -0.1) is 11.8 Å². The molecule has 2 aliphatic rings. The van der Waals surface area contributed by atoms with E-state index in [9.17, 15) is 13.2 Å². The molecule has 6 nitrogen and oxygen atoms in total. The van der Waals surface area contributed by atoms with E-state index in [4.69, 9.17) is 21.1 Å². The smallest absolute Gasteiger partial charge is 0.230 e. The Morgan fingerprint density at radius 2 is 2.12 bits per heavy atom. The molecule has 1 unspecified atom stereocenters. The van der Waals surface area contributed by atoms with Crippen LogP contribution in [0.3, 0.4) is 0 Å². The number of halogens is 1. The van der Waals surface area contributed by atoms with E-state index in [0.29, 0.717) is 42.7 Å². The van der Waals surface area contributed by atoms with Crippen LogP contribution < -0.4 is 14.8 Å². The fraction of sp³-hybridized carbons (Fsp3) is 0.562. The number of rotatable bonds is 5. The Bertz CT molecular complexity index is 753. The molecule has 2 heterocycles. The first kappa shape index (κ1) is 18.7. The number of ether oxygens (including phenoxy) is 2. The molecule has 0 aliphatic carbocycles. The van der Waals surface area contributed by atoms with Crippen LogP contribution >= 0.6 is 23.4 Å². The average Bonchev–Trinajstić information content (AvgIpc) is 2.76. The number of nitrogens with one attached hydrogen (secondary N) is 1. The molecule has 0 radical (unpaired) electrons. The third-order valence-corrected chi connectivity index (χ3v) is 7.55. The second-order valence-electron chi connectivity index (χ2n) is 6.07. The van der Waals surface area contributed by atoms with Crippen molar-refractivity contribution in [1.82, 2.24) is 5.32 Å². The maximum Gasteiger partial charge on any atom is 0.230 e. The average molecular weight is 406 g/mol. The Balaban J connectivity index is 1.50. The van der Waals surface area contributed by atoms with Gasteiger partial charge in [0.15, 0.2) is 21.3 Å². The van der Waals surface area contributed by atoms with Crippen molar-refractivity contribution in [3.63, 3.8) is 0 Å². The van der Waals surface area contributed by atoms with Gasteiger partial charge in [0.25, 0.3) is 0 Å². The molecule has 0 bridgehead atoms. The van der Waals surface area contributed by atoms with Crippen LogP contribution in [0.2, 0.25) is 5.02 Å². The third-order valence-electron chi connectivity index (χ3n) is 3.99. The van der Waals surface area contributed by atoms with Crippen molar-refractivity contribution in [2.75, 3.05) is 30.5 Å². The number of carbonyl (C=O) groups is 1. The van der Waals surface area contributed by atoms with Crippen molar-refractivity contribution in [3.8, 4) is 11.5 Å². The quantitative estimate of drug-likeness (QED) is 0.807. The summed E-state index contributed by atoms with van der Waals surface area (Å²) < 4.78 is 34.0. The largest absolute Gasteiger partial charge is 0.489 e. The fourth-order valence-electron chi connectivity index (χ4n) is 2.72. The number of benzene rings is 1. The second kappa shape index (κ2) is 8.05. The Morgan fingerprint density at radius 1 is 1.32 bits per heavy atom. The molecule has 2 aliphatic heterocycles. The van der Waals surface area contributed by atoms with Gasteiger partial charge in [0.05, 0.1) is 35.5 Å². The summed E-state index contributed by atoms with van der Waals surface area (Å²) in [5, 5.41) is 3.31. The van der Waals surface area contributed by atoms with E-state index in [-0.39, 0.29) is 28.4 Å². The third kappa shape index (κ3) is 5.18. The van der Waals surface area contributed by atoms with Crippen LogP contribution in [0.15, 0.2) is 12.1 Å². The Kier molecular flexibility index (Phi) is 6.01. The topological polar surface area (TPSA) is 81.7 Å². The molecule has 138 valence electrons. The first-order chi connectivity index (χ1) is 11.9. The summed E-state index contributed by atoms with van der Waals surface area (Å²) in [6.07, 6.45) is 1.42. The van der Waals surface area contributed by atoms with E-state index < -0.39 is 9.84 Å². The summed E-state index contributed by atoms with van der Waals surface area (Å²) in [4.78, 5) is 12.0. The van der Waals surface area contributed by atoms with E-state index in [1.54, 1.807) is 6.07 Å². The van der Waals surface area contributed by atoms with Gasteiger partial charge in [0, 0.05) is 18.2 Å². The van der Waals surface area contributed by atoms with E-state index in [0.717, 1.165) is 12.0 Å². The van der Waals surface area contributed by atoms with E-state index in [1.165, 1.54) is 11.8 Å². The first-order valence-electron chi connectivity index (χ1n) is 8.10. The molecule has 1 fully saturated rings. The predicted molar refractivity (Wildman–Crippen MR) is 98.4 cm³/mol. The number of carbonyl (C=O) groups excluding carboxylic acids is 1. The molecular weight excluding hydrogens is 386 g/mol. The zero-order valence-corrected chi connectivity index (χ0v) is 16.0. The van der Waals surface area contributed by atoms with Gasteiger partial charge in [0.1, 0.15) is 0 Å². The molecule has 25 heavy (non-hydrogen) atoms. The van der Waals surface area contributed by atoms with Gasteiger partial charge in [-0.3, -0.25) is 4.79 Å². The van der Waals surface area contributed by atoms with Crippen LogP contribution in [0.25, 0.3) is 0 Å². The molecule has 1 N–H and O–H groups in total. The number of sulfone groups is 1. The molecule has 1 aromatic carbocycles. The molecule has 3 rings (SSSR count). The first-order valence-corrected chi connectivity index (χ1v) is 11.3. The lowest BCUT2D eigenvalue weighted by molar-refractivity contribution is -0.118. The van der Waals surface area contributed by atoms with Crippen molar-refractivity contribution in [3.05, 3.63) is 22.7 Å². The summed E-state index contributed by atoms with van der Waals surface area (Å²) in [6.45, 7) is 1.47. The van der Waals surface area contributed by atoms with Crippen LogP contribution in [-0.4, -0.2) is 50.0 Å². The van der Waals surface area contributed by atoms with Crippen LogP contribution in [0.1, 0.15) is 18.4 Å². The monoisotopic (exact) mass is 405 g/mol. The molecule has 0 aromatic heterocycles. The minimum absolute atomic E-state index is 0.0169. The summed E-state index contributed by atoms with van der Waals surface area (Å²) in [6, 6.07) is 3.58. The predicted octanol–water partition coefficient (Wildman–Crippen LogP) is 2.04. The van der Waals surface area contributed by atoms with Gasteiger partial charge in [-0.25, -0.2) is 8.42 Å². The SMILES string of the molecule is O=C(CSC1CCS(=O)(=O)C1)NCc1cc(Cl)c2c(c1)OCCCO2. The molecule has 1 aromatic rings. The number of amides is 1. The standard InChI is InChI=1S/C16H20ClNO5S2/c17-13-6-11(7-14-16(13)23-4-1-3-22-14)8-18-15(19)9-24-12-2-5-25(20,21)10-12/h6-7,12H,1-5,8-10H2,(H,18,19). The highest BCUT2D eigenvalue weighted by Gasteiger charge is 2.28. The maximum atomic E-state index is 12.0. The summed E-state index contributed by atoms with van der Waals surface area (Å²) >= 11 is 7.63. The summed E-state index contributed by atoms with van der Waals surface area (Å²) in [5.74, 6) is 1.66. The lowest BCUT2D eigenvalue weighted by Gasteiger charge is -2.12. The Hall–Kier alpha value is -1.12. The van der Waals surface area contributed by atoms with Crippen LogP contribution in [0.4, 0.5) is 0 Å². The van der Waals surface area contributed by atoms with Gasteiger partial charge in [0.2, 0.25) is 5.91 Å². The normalized spacial score (nSPS) is 21.6. The molecular formula is C16H20ClNO5S2. The molecule has 1 amide bonds. The van der Waals surface area contributed by atoms with Crippen molar-refractivity contribution >= 4 is 39.1 Å². The summed E-state index contributed by atoms with van der Waals surface area (Å²) in [5.41, 5.74) is 0.830. The lowest BCUT2D eigenvalue weighted by Crippen LogP contribution is -2.25. The Labute approximate surface area is 156 Å².